The summed E-state index contributed by atoms with van der Waals surface area (Å²) in [5.74, 6) is 0. The molecule has 3 N–H and O–H groups in total. The van der Waals surface area contributed by atoms with Crippen LogP contribution in [-0.2, 0) is 0 Å². The van der Waals surface area contributed by atoms with E-state index in [9.17, 15) is 5.11 Å². The van der Waals surface area contributed by atoms with Crippen molar-refractivity contribution >= 4 is 15.9 Å². The fraction of sp³-hybridized carbons (Fsp3) is 0.400. The molecule has 0 spiro atoms. The number of nitrogens with two attached hydrogens (primary N) is 1. The summed E-state index contributed by atoms with van der Waals surface area (Å²) in [4.78, 5) is 0. The molecule has 0 fully saturated rings. The van der Waals surface area contributed by atoms with Crippen LogP contribution >= 0.6 is 15.9 Å². The minimum absolute atomic E-state index is 0.378. The highest BCUT2D eigenvalue weighted by molar-refractivity contribution is 9.10. The molecule has 0 aromatic heterocycles. The second-order valence-corrected chi connectivity index (χ2v) is 3.91. The van der Waals surface area contributed by atoms with E-state index in [2.05, 4.69) is 15.9 Å². The monoisotopic (exact) mass is 243 g/mol. The Morgan fingerprint density at radius 1 is 1.31 bits per heavy atom. The van der Waals surface area contributed by atoms with Gasteiger partial charge in [-0.2, -0.15) is 0 Å². The van der Waals surface area contributed by atoms with Crippen molar-refractivity contribution in [1.82, 2.24) is 0 Å². The Bertz CT molecular complexity index is 248. The molecule has 0 aliphatic carbocycles. The fourth-order valence-corrected chi connectivity index (χ4v) is 1.43. The molecule has 1 aromatic carbocycles. The molecule has 0 radical (unpaired) electrons. The Morgan fingerprint density at radius 2 is 1.92 bits per heavy atom. The first-order chi connectivity index (χ1) is 6.24. The van der Waals surface area contributed by atoms with E-state index in [1.165, 1.54) is 0 Å². The van der Waals surface area contributed by atoms with Crippen LogP contribution in [0.25, 0.3) is 0 Å². The minimum Gasteiger partial charge on any atom is -0.388 e. The van der Waals surface area contributed by atoms with Crippen LogP contribution in [0.15, 0.2) is 28.7 Å². The van der Waals surface area contributed by atoms with Crippen LogP contribution in [-0.4, -0.2) is 11.7 Å². The van der Waals surface area contributed by atoms with Gasteiger partial charge in [-0.15, -0.1) is 0 Å². The van der Waals surface area contributed by atoms with Gasteiger partial charge in [0, 0.05) is 4.47 Å². The van der Waals surface area contributed by atoms with Gasteiger partial charge in [-0.05, 0) is 37.1 Å². The van der Waals surface area contributed by atoms with Gasteiger partial charge in [0.25, 0.3) is 0 Å². The van der Waals surface area contributed by atoms with Crippen LogP contribution in [0.3, 0.4) is 0 Å². The smallest absolute Gasteiger partial charge is 0.0790 e. The molecule has 0 saturated heterocycles. The van der Waals surface area contributed by atoms with Crippen LogP contribution in [0, 0.1) is 0 Å². The third-order valence-corrected chi connectivity index (χ3v) is 2.47. The van der Waals surface area contributed by atoms with Crippen molar-refractivity contribution in [2.75, 3.05) is 6.54 Å². The van der Waals surface area contributed by atoms with Crippen molar-refractivity contribution in [2.24, 2.45) is 5.73 Å². The number of rotatable bonds is 4. The van der Waals surface area contributed by atoms with Crippen molar-refractivity contribution in [3.05, 3.63) is 34.3 Å². The molecule has 0 aliphatic rings. The summed E-state index contributed by atoms with van der Waals surface area (Å²) in [6.07, 6.45) is 1.21. The molecular weight excluding hydrogens is 230 g/mol. The van der Waals surface area contributed by atoms with Gasteiger partial charge in [-0.1, -0.05) is 28.1 Å². The van der Waals surface area contributed by atoms with E-state index in [4.69, 9.17) is 5.73 Å². The Kier molecular flexibility index (Phi) is 4.42. The van der Waals surface area contributed by atoms with E-state index >= 15 is 0 Å². The van der Waals surface area contributed by atoms with E-state index in [-0.39, 0.29) is 6.10 Å². The first-order valence-electron chi connectivity index (χ1n) is 4.37. The Morgan fingerprint density at radius 3 is 2.46 bits per heavy atom. The Labute approximate surface area is 86.9 Å². The molecule has 72 valence electrons. The topological polar surface area (TPSA) is 46.2 Å². The maximum absolute atomic E-state index is 9.67. The zero-order valence-corrected chi connectivity index (χ0v) is 9.00. The van der Waals surface area contributed by atoms with Crippen molar-refractivity contribution in [1.29, 1.82) is 0 Å². The van der Waals surface area contributed by atoms with Gasteiger partial charge in [0.05, 0.1) is 6.10 Å². The van der Waals surface area contributed by atoms with Crippen molar-refractivity contribution in [2.45, 2.75) is 18.9 Å². The lowest BCUT2D eigenvalue weighted by Gasteiger charge is -2.09. The molecule has 0 amide bonds. The number of aliphatic hydroxyl groups excluding tert-OH is 1. The third kappa shape index (κ3) is 3.46. The van der Waals surface area contributed by atoms with Crippen molar-refractivity contribution in [3.8, 4) is 0 Å². The largest absolute Gasteiger partial charge is 0.388 e. The molecule has 1 aromatic rings. The molecule has 1 unspecified atom stereocenters. The van der Waals surface area contributed by atoms with Gasteiger partial charge in [0.15, 0.2) is 0 Å². The zero-order chi connectivity index (χ0) is 9.68. The van der Waals surface area contributed by atoms with E-state index < -0.39 is 0 Å². The van der Waals surface area contributed by atoms with Gasteiger partial charge < -0.3 is 10.8 Å². The summed E-state index contributed by atoms with van der Waals surface area (Å²) >= 11 is 3.35. The number of halogens is 1. The van der Waals surface area contributed by atoms with Crippen LogP contribution in [0.2, 0.25) is 0 Å². The first-order valence-corrected chi connectivity index (χ1v) is 5.17. The SMILES string of the molecule is NCCCC(O)c1ccc(Br)cc1. The highest BCUT2D eigenvalue weighted by atomic mass is 79.9. The maximum Gasteiger partial charge on any atom is 0.0790 e. The summed E-state index contributed by atoms with van der Waals surface area (Å²) < 4.78 is 1.03. The summed E-state index contributed by atoms with van der Waals surface area (Å²) in [6.45, 7) is 0.633. The van der Waals surface area contributed by atoms with Gasteiger partial charge in [0.2, 0.25) is 0 Å². The predicted molar refractivity (Wildman–Crippen MR) is 57.4 cm³/mol. The maximum atomic E-state index is 9.67. The van der Waals surface area contributed by atoms with Crippen LogP contribution < -0.4 is 5.73 Å². The summed E-state index contributed by atoms with van der Waals surface area (Å²) in [5, 5.41) is 9.67. The quantitative estimate of drug-likeness (QED) is 0.853. The zero-order valence-electron chi connectivity index (χ0n) is 7.41. The summed E-state index contributed by atoms with van der Waals surface area (Å²) in [5.41, 5.74) is 6.32. The van der Waals surface area contributed by atoms with E-state index in [0.717, 1.165) is 22.9 Å². The lowest BCUT2D eigenvalue weighted by atomic mass is 10.1. The predicted octanol–water partition coefficient (Wildman–Crippen LogP) is 2.22. The molecule has 0 bridgehead atoms. The number of aliphatic hydroxyl groups is 1. The van der Waals surface area contributed by atoms with Crippen molar-refractivity contribution in [3.63, 3.8) is 0 Å². The molecule has 0 aliphatic heterocycles. The molecule has 13 heavy (non-hydrogen) atoms. The molecule has 0 saturated carbocycles. The summed E-state index contributed by atoms with van der Waals surface area (Å²) in [7, 11) is 0. The lowest BCUT2D eigenvalue weighted by Crippen LogP contribution is -2.03. The lowest BCUT2D eigenvalue weighted by molar-refractivity contribution is 0.165. The Balaban J connectivity index is 2.55. The number of benzene rings is 1. The average Bonchev–Trinajstić information content (AvgIpc) is 2.15. The van der Waals surface area contributed by atoms with Crippen LogP contribution in [0.5, 0.6) is 0 Å². The van der Waals surface area contributed by atoms with Crippen LogP contribution in [0.4, 0.5) is 0 Å². The highest BCUT2D eigenvalue weighted by Crippen LogP contribution is 2.19. The molecule has 1 rings (SSSR count). The average molecular weight is 244 g/mol. The van der Waals surface area contributed by atoms with Gasteiger partial charge in [-0.25, -0.2) is 0 Å². The summed E-state index contributed by atoms with van der Waals surface area (Å²) in [6, 6.07) is 7.71. The van der Waals surface area contributed by atoms with Gasteiger partial charge in [-0.3, -0.25) is 0 Å². The second kappa shape index (κ2) is 5.37. The highest BCUT2D eigenvalue weighted by Gasteiger charge is 2.05. The molecular formula is C10H14BrNO. The Hall–Kier alpha value is -0.380. The molecule has 0 heterocycles. The minimum atomic E-state index is -0.378. The van der Waals surface area contributed by atoms with Gasteiger partial charge in [0.1, 0.15) is 0 Å². The molecule has 3 heteroatoms. The molecule has 2 nitrogen and oxygen atoms in total. The molecule has 1 atom stereocenters. The normalized spacial score (nSPS) is 12.8. The first kappa shape index (κ1) is 10.7. The number of hydrogen-bond donors (Lipinski definition) is 2. The van der Waals surface area contributed by atoms with E-state index in [1.54, 1.807) is 0 Å². The van der Waals surface area contributed by atoms with Crippen molar-refractivity contribution < 1.29 is 5.11 Å². The van der Waals surface area contributed by atoms with Gasteiger partial charge >= 0.3 is 0 Å². The van der Waals surface area contributed by atoms with E-state index in [1.807, 2.05) is 24.3 Å². The second-order valence-electron chi connectivity index (χ2n) is 3.00. The number of hydrogen-bond acceptors (Lipinski definition) is 2. The van der Waals surface area contributed by atoms with Crippen LogP contribution in [0.1, 0.15) is 24.5 Å². The fourth-order valence-electron chi connectivity index (χ4n) is 1.16. The standard InChI is InChI=1S/C10H14BrNO/c11-9-5-3-8(4-6-9)10(13)2-1-7-12/h3-6,10,13H,1-2,7,12H2. The third-order valence-electron chi connectivity index (χ3n) is 1.94. The van der Waals surface area contributed by atoms with E-state index in [0.29, 0.717) is 6.54 Å².